The predicted octanol–water partition coefficient (Wildman–Crippen LogP) is 6.11. The minimum absolute atomic E-state index is 0.0118. The van der Waals surface area contributed by atoms with Crippen molar-refractivity contribution in [2.24, 2.45) is 11.8 Å². The molecule has 1 N–H and O–H groups in total. The number of rotatable bonds is 3. The number of aryl methyl sites for hydroxylation is 1. The molecule has 0 saturated heterocycles. The minimum Gasteiger partial charge on any atom is -0.492 e. The number of hydrogen-bond donors (Lipinski definition) is 1. The number of hydrogen-bond acceptors (Lipinski definition) is 2. The summed E-state index contributed by atoms with van der Waals surface area (Å²) in [5.74, 6) is 0.490. The maximum atomic E-state index is 13.0. The zero-order valence-electron chi connectivity index (χ0n) is 17.2. The second-order valence-electron chi connectivity index (χ2n) is 8.76. The van der Waals surface area contributed by atoms with E-state index in [-0.39, 0.29) is 23.2 Å². The lowest BCUT2D eigenvalue weighted by molar-refractivity contribution is -0.137. The summed E-state index contributed by atoms with van der Waals surface area (Å²) < 4.78 is 44.6. The van der Waals surface area contributed by atoms with Crippen LogP contribution >= 0.6 is 0 Å². The number of amides is 1. The number of fused-ring (bicyclic) bond motifs is 2. The molecule has 1 aliphatic heterocycles. The highest BCUT2D eigenvalue weighted by Gasteiger charge is 2.45. The van der Waals surface area contributed by atoms with Crippen molar-refractivity contribution >= 4 is 11.6 Å². The van der Waals surface area contributed by atoms with Gasteiger partial charge in [0.25, 0.3) is 0 Å². The standard InChI is InChI=1S/C24H26F3NO2/c1-15-3-6-19(7-4-15)28-22(29)16(2)17-9-11-23(12-10-17)14-30-21-13-18(24(25,26)27)5-8-20(21)23/h3-8,13,16-17H,9-12,14H2,1-2H3,(H,28,29)/t16-,17?,23?/m1/s1. The molecule has 6 heteroatoms. The molecule has 0 unspecified atom stereocenters. The van der Waals surface area contributed by atoms with Crippen molar-refractivity contribution in [3.05, 3.63) is 59.2 Å². The monoisotopic (exact) mass is 417 g/mol. The maximum absolute atomic E-state index is 13.0. The first-order valence-corrected chi connectivity index (χ1v) is 10.4. The lowest BCUT2D eigenvalue weighted by Crippen LogP contribution is -2.37. The number of ether oxygens (including phenoxy) is 1. The molecule has 1 atom stereocenters. The lowest BCUT2D eigenvalue weighted by atomic mass is 9.65. The van der Waals surface area contributed by atoms with Gasteiger partial charge >= 0.3 is 6.18 Å². The number of carbonyl (C=O) groups is 1. The second kappa shape index (κ2) is 7.64. The van der Waals surface area contributed by atoms with Gasteiger partial charge in [-0.15, -0.1) is 0 Å². The van der Waals surface area contributed by atoms with E-state index in [0.29, 0.717) is 12.4 Å². The quantitative estimate of drug-likeness (QED) is 0.654. The first-order chi connectivity index (χ1) is 14.2. The van der Waals surface area contributed by atoms with Crippen molar-refractivity contribution in [3.63, 3.8) is 0 Å². The molecule has 1 aliphatic carbocycles. The lowest BCUT2D eigenvalue weighted by Gasteiger charge is -2.38. The Hall–Kier alpha value is -2.50. The molecule has 1 heterocycles. The van der Waals surface area contributed by atoms with Crippen molar-refractivity contribution in [1.29, 1.82) is 0 Å². The smallest absolute Gasteiger partial charge is 0.416 e. The molecule has 1 fully saturated rings. The van der Waals surface area contributed by atoms with Crippen LogP contribution in [0, 0.1) is 18.8 Å². The van der Waals surface area contributed by atoms with E-state index in [1.54, 1.807) is 6.07 Å². The summed E-state index contributed by atoms with van der Waals surface area (Å²) in [6.07, 6.45) is -1.03. The van der Waals surface area contributed by atoms with Crippen LogP contribution in [0.15, 0.2) is 42.5 Å². The fourth-order valence-electron chi connectivity index (χ4n) is 4.76. The summed E-state index contributed by atoms with van der Waals surface area (Å²) in [5.41, 5.74) is 1.91. The SMILES string of the molecule is Cc1ccc(NC(=O)[C@H](C)C2CCC3(CC2)COc2cc(C(F)(F)F)ccc23)cc1. The number of anilines is 1. The van der Waals surface area contributed by atoms with Gasteiger partial charge in [0, 0.05) is 22.6 Å². The van der Waals surface area contributed by atoms with E-state index in [9.17, 15) is 18.0 Å². The average Bonchev–Trinajstić information content (AvgIpc) is 3.07. The Morgan fingerprint density at radius 1 is 1.13 bits per heavy atom. The summed E-state index contributed by atoms with van der Waals surface area (Å²) in [5, 5.41) is 2.99. The Bertz CT molecular complexity index is 928. The molecule has 4 rings (SSSR count). The zero-order chi connectivity index (χ0) is 21.5. The van der Waals surface area contributed by atoms with Gasteiger partial charge in [-0.1, -0.05) is 30.7 Å². The highest BCUT2D eigenvalue weighted by Crippen LogP contribution is 2.51. The van der Waals surface area contributed by atoms with Gasteiger partial charge < -0.3 is 10.1 Å². The number of benzene rings is 2. The summed E-state index contributed by atoms with van der Waals surface area (Å²) in [6, 6.07) is 11.6. The third kappa shape index (κ3) is 3.92. The van der Waals surface area contributed by atoms with Crippen LogP contribution in [0.2, 0.25) is 0 Å². The minimum atomic E-state index is -4.37. The van der Waals surface area contributed by atoms with Crippen LogP contribution in [0.1, 0.15) is 49.3 Å². The molecule has 2 aromatic carbocycles. The summed E-state index contributed by atoms with van der Waals surface area (Å²) in [6.45, 7) is 4.38. The van der Waals surface area contributed by atoms with Crippen molar-refractivity contribution in [3.8, 4) is 5.75 Å². The van der Waals surface area contributed by atoms with Crippen LogP contribution in [0.3, 0.4) is 0 Å². The van der Waals surface area contributed by atoms with Gasteiger partial charge in [-0.3, -0.25) is 4.79 Å². The van der Waals surface area contributed by atoms with Crippen molar-refractivity contribution in [2.45, 2.75) is 51.1 Å². The third-order valence-corrected chi connectivity index (χ3v) is 6.81. The molecule has 1 spiro atoms. The van der Waals surface area contributed by atoms with Gasteiger partial charge in [0.05, 0.1) is 12.2 Å². The Labute approximate surface area is 174 Å². The van der Waals surface area contributed by atoms with Gasteiger partial charge in [0.2, 0.25) is 5.91 Å². The zero-order valence-corrected chi connectivity index (χ0v) is 17.2. The largest absolute Gasteiger partial charge is 0.492 e. The number of halogens is 3. The van der Waals surface area contributed by atoms with E-state index < -0.39 is 11.7 Å². The molecule has 2 aliphatic rings. The van der Waals surface area contributed by atoms with Crippen LogP contribution in [-0.2, 0) is 16.4 Å². The van der Waals surface area contributed by atoms with E-state index >= 15 is 0 Å². The highest BCUT2D eigenvalue weighted by atomic mass is 19.4. The number of nitrogens with one attached hydrogen (secondary N) is 1. The number of alkyl halides is 3. The van der Waals surface area contributed by atoms with Crippen molar-refractivity contribution < 1.29 is 22.7 Å². The third-order valence-electron chi connectivity index (χ3n) is 6.81. The van der Waals surface area contributed by atoms with Crippen LogP contribution in [0.4, 0.5) is 18.9 Å². The molecule has 1 saturated carbocycles. The molecule has 0 bridgehead atoms. The van der Waals surface area contributed by atoms with E-state index in [1.807, 2.05) is 38.1 Å². The van der Waals surface area contributed by atoms with E-state index in [0.717, 1.165) is 54.6 Å². The normalized spacial score (nSPS) is 24.2. The predicted molar refractivity (Wildman–Crippen MR) is 110 cm³/mol. The van der Waals surface area contributed by atoms with Gasteiger partial charge in [0.15, 0.2) is 0 Å². The topological polar surface area (TPSA) is 38.3 Å². The highest BCUT2D eigenvalue weighted by molar-refractivity contribution is 5.92. The van der Waals surface area contributed by atoms with Crippen LogP contribution in [0.25, 0.3) is 0 Å². The molecule has 160 valence electrons. The Balaban J connectivity index is 1.41. The molecular weight excluding hydrogens is 391 g/mol. The van der Waals surface area contributed by atoms with E-state index in [2.05, 4.69) is 5.32 Å². The molecule has 3 nitrogen and oxygen atoms in total. The first kappa shape index (κ1) is 20.8. The molecule has 30 heavy (non-hydrogen) atoms. The van der Waals surface area contributed by atoms with Gasteiger partial charge in [-0.05, 0) is 62.8 Å². The fourth-order valence-corrected chi connectivity index (χ4v) is 4.76. The fraction of sp³-hybridized carbons (Fsp3) is 0.458. The Kier molecular flexibility index (Phi) is 5.28. The van der Waals surface area contributed by atoms with Gasteiger partial charge in [-0.2, -0.15) is 13.2 Å². The van der Waals surface area contributed by atoms with Crippen molar-refractivity contribution in [2.75, 3.05) is 11.9 Å². The average molecular weight is 417 g/mol. The van der Waals surface area contributed by atoms with E-state index in [1.165, 1.54) is 0 Å². The van der Waals surface area contributed by atoms with Crippen molar-refractivity contribution in [1.82, 2.24) is 0 Å². The molecule has 0 radical (unpaired) electrons. The first-order valence-electron chi connectivity index (χ1n) is 10.4. The second-order valence-corrected chi connectivity index (χ2v) is 8.76. The Morgan fingerprint density at radius 2 is 1.80 bits per heavy atom. The number of carbonyl (C=O) groups excluding carboxylic acids is 1. The molecule has 2 aromatic rings. The maximum Gasteiger partial charge on any atom is 0.416 e. The summed E-state index contributed by atoms with van der Waals surface area (Å²) in [4.78, 5) is 12.7. The molecule has 0 aromatic heterocycles. The molecule has 1 amide bonds. The van der Waals surface area contributed by atoms with Gasteiger partial charge in [-0.25, -0.2) is 0 Å². The summed E-state index contributed by atoms with van der Waals surface area (Å²) in [7, 11) is 0. The van der Waals surface area contributed by atoms with Crippen LogP contribution < -0.4 is 10.1 Å². The molecular formula is C24H26F3NO2. The summed E-state index contributed by atoms with van der Waals surface area (Å²) >= 11 is 0. The van der Waals surface area contributed by atoms with Crippen LogP contribution in [0.5, 0.6) is 5.75 Å². The van der Waals surface area contributed by atoms with E-state index in [4.69, 9.17) is 4.74 Å². The van der Waals surface area contributed by atoms with Gasteiger partial charge in [0.1, 0.15) is 5.75 Å². The Morgan fingerprint density at radius 3 is 2.43 bits per heavy atom. The van der Waals surface area contributed by atoms with Crippen LogP contribution in [-0.4, -0.2) is 12.5 Å².